The molecule has 0 spiro atoms. The Bertz CT molecular complexity index is 811. The van der Waals surface area contributed by atoms with E-state index in [2.05, 4.69) is 13.0 Å². The van der Waals surface area contributed by atoms with Crippen molar-refractivity contribution in [2.75, 3.05) is 6.61 Å². The highest BCUT2D eigenvalue weighted by molar-refractivity contribution is 7.48. The lowest BCUT2D eigenvalue weighted by Gasteiger charge is -2.14. The summed E-state index contributed by atoms with van der Waals surface area (Å²) in [5, 5.41) is 0. The van der Waals surface area contributed by atoms with E-state index in [-0.39, 0.29) is 11.5 Å². The molecule has 2 rings (SSSR count). The van der Waals surface area contributed by atoms with E-state index in [4.69, 9.17) is 13.8 Å². The Morgan fingerprint density at radius 2 is 1.32 bits per heavy atom. The molecular weight excluding hydrogens is 447 g/mol. The van der Waals surface area contributed by atoms with Crippen LogP contribution in [0.1, 0.15) is 96.8 Å². The monoisotopic (exact) mass is 489 g/mol. The van der Waals surface area contributed by atoms with Crippen LogP contribution < -0.4 is 13.8 Å². The zero-order chi connectivity index (χ0) is 24.3. The second-order valence-electron chi connectivity index (χ2n) is 8.80. The van der Waals surface area contributed by atoms with Crippen molar-refractivity contribution in [2.24, 2.45) is 0 Å². The van der Waals surface area contributed by atoms with Crippen LogP contribution in [-0.4, -0.2) is 11.5 Å². The molecule has 1 N–H and O–H groups in total. The number of hydrogen-bond acceptors (Lipinski definition) is 4. The van der Waals surface area contributed by atoms with E-state index >= 15 is 0 Å². The minimum atomic E-state index is -4.31. The highest BCUT2D eigenvalue weighted by Crippen LogP contribution is 2.44. The minimum absolute atomic E-state index is 0.151. The predicted octanol–water partition coefficient (Wildman–Crippen LogP) is 8.91. The number of ether oxygens (including phenoxy) is 1. The standard InChI is InChI=1S/C28H42O5P/c1-2-3-4-5-6-7-8-9-10-11-12-13-14-18-24-31-27-22-19-23-28(25-27)33-34(29,30)32-26-20-16-15-17-21-26/h15-17,19-20,22-23,25H,2-14,18,24H2,1H3,(H,29,30). The van der Waals surface area contributed by atoms with E-state index < -0.39 is 7.82 Å². The molecule has 5 nitrogen and oxygen atoms in total. The lowest BCUT2D eigenvalue weighted by molar-refractivity contribution is 0.287. The molecule has 0 aliphatic carbocycles. The summed E-state index contributed by atoms with van der Waals surface area (Å²) in [5.41, 5.74) is 0. The van der Waals surface area contributed by atoms with E-state index in [0.717, 1.165) is 12.8 Å². The molecule has 0 saturated carbocycles. The van der Waals surface area contributed by atoms with Crippen LogP contribution in [0, 0.1) is 6.07 Å². The Labute approximate surface area is 206 Å². The van der Waals surface area contributed by atoms with Gasteiger partial charge in [-0.1, -0.05) is 115 Å². The quantitative estimate of drug-likeness (QED) is 0.149. The van der Waals surface area contributed by atoms with Crippen molar-refractivity contribution >= 4 is 7.82 Å². The third-order valence-corrected chi connectivity index (χ3v) is 6.56. The molecule has 1 unspecified atom stereocenters. The molecule has 2 aromatic rings. The van der Waals surface area contributed by atoms with E-state index in [0.29, 0.717) is 12.4 Å². The van der Waals surface area contributed by atoms with Gasteiger partial charge in [-0.05, 0) is 24.6 Å². The van der Waals surface area contributed by atoms with Crippen LogP contribution in [0.5, 0.6) is 17.2 Å². The maximum atomic E-state index is 12.2. The molecule has 1 atom stereocenters. The van der Waals surface area contributed by atoms with Crippen LogP contribution in [0.4, 0.5) is 0 Å². The summed E-state index contributed by atoms with van der Waals surface area (Å²) < 4.78 is 28.2. The second-order valence-corrected chi connectivity index (χ2v) is 10.1. The Morgan fingerprint density at radius 3 is 1.91 bits per heavy atom. The number of benzene rings is 2. The first-order valence-corrected chi connectivity index (χ1v) is 14.5. The number of para-hydroxylation sites is 1. The van der Waals surface area contributed by atoms with E-state index in [1.165, 1.54) is 77.0 Å². The van der Waals surface area contributed by atoms with Crippen LogP contribution in [-0.2, 0) is 4.57 Å². The molecule has 189 valence electrons. The van der Waals surface area contributed by atoms with Crippen LogP contribution in [0.15, 0.2) is 48.5 Å². The first kappa shape index (κ1) is 28.3. The molecule has 0 fully saturated rings. The topological polar surface area (TPSA) is 65.0 Å². The molecule has 2 aromatic carbocycles. The van der Waals surface area contributed by atoms with Gasteiger partial charge in [0.2, 0.25) is 0 Å². The normalized spacial score (nSPS) is 12.8. The highest BCUT2D eigenvalue weighted by atomic mass is 31.2. The molecule has 0 aromatic heterocycles. The van der Waals surface area contributed by atoms with Crippen LogP contribution >= 0.6 is 7.82 Å². The number of hydrogen-bond donors (Lipinski definition) is 1. The van der Waals surface area contributed by atoms with Gasteiger partial charge < -0.3 is 13.8 Å². The molecule has 0 aliphatic heterocycles. The van der Waals surface area contributed by atoms with Crippen molar-refractivity contribution in [1.82, 2.24) is 0 Å². The summed E-state index contributed by atoms with van der Waals surface area (Å²) >= 11 is 0. The zero-order valence-corrected chi connectivity index (χ0v) is 21.6. The average Bonchev–Trinajstić information content (AvgIpc) is 2.82. The van der Waals surface area contributed by atoms with E-state index in [9.17, 15) is 9.46 Å². The molecule has 34 heavy (non-hydrogen) atoms. The summed E-state index contributed by atoms with van der Waals surface area (Å²) in [6.45, 7) is 2.89. The molecular formula is C28H42O5P. The van der Waals surface area contributed by atoms with Crippen molar-refractivity contribution in [2.45, 2.75) is 96.8 Å². The van der Waals surface area contributed by atoms with Crippen molar-refractivity contribution in [3.63, 3.8) is 0 Å². The van der Waals surface area contributed by atoms with E-state index in [1.807, 2.05) is 6.07 Å². The molecule has 0 aliphatic rings. The van der Waals surface area contributed by atoms with Gasteiger partial charge in [0.25, 0.3) is 0 Å². The fourth-order valence-corrected chi connectivity index (χ4v) is 4.60. The fourth-order valence-electron chi connectivity index (χ4n) is 3.82. The summed E-state index contributed by atoms with van der Waals surface area (Å²) in [7, 11) is -4.31. The van der Waals surface area contributed by atoms with Gasteiger partial charge in [-0.3, -0.25) is 4.89 Å². The molecule has 6 heteroatoms. The van der Waals surface area contributed by atoms with Crippen LogP contribution in [0.3, 0.4) is 0 Å². The summed E-state index contributed by atoms with van der Waals surface area (Å²) in [6, 6.07) is 16.0. The Balaban J connectivity index is 1.50. The van der Waals surface area contributed by atoms with Gasteiger partial charge in [0, 0.05) is 12.1 Å². The minimum Gasteiger partial charge on any atom is -0.493 e. The Hall–Kier alpha value is -1.97. The summed E-state index contributed by atoms with van der Waals surface area (Å²) in [5.74, 6) is 0.984. The van der Waals surface area contributed by atoms with Crippen molar-refractivity contribution in [3.05, 3.63) is 54.6 Å². The second kappa shape index (κ2) is 17.5. The largest absolute Gasteiger partial charge is 0.584 e. The number of rotatable bonds is 20. The van der Waals surface area contributed by atoms with Gasteiger partial charge in [0.1, 0.15) is 17.2 Å². The van der Waals surface area contributed by atoms with E-state index in [1.54, 1.807) is 42.5 Å². The Morgan fingerprint density at radius 1 is 0.735 bits per heavy atom. The van der Waals surface area contributed by atoms with Gasteiger partial charge >= 0.3 is 7.82 Å². The first-order valence-electron chi connectivity index (χ1n) is 13.0. The van der Waals surface area contributed by atoms with Crippen molar-refractivity contribution in [1.29, 1.82) is 0 Å². The van der Waals surface area contributed by atoms with Gasteiger partial charge in [-0.15, -0.1) is 0 Å². The van der Waals surface area contributed by atoms with Crippen molar-refractivity contribution < 1.29 is 23.2 Å². The number of phosphoric ester groups is 1. The molecule has 0 saturated heterocycles. The molecule has 0 heterocycles. The molecule has 1 radical (unpaired) electrons. The predicted molar refractivity (Wildman–Crippen MR) is 139 cm³/mol. The first-order chi connectivity index (χ1) is 16.6. The SMILES string of the molecule is CCCCCCCCCCCCCCCCOc1cccc(OP(=O)(O)Oc2[c]cccc2)c1. The number of phosphoric acid groups is 1. The lowest BCUT2D eigenvalue weighted by atomic mass is 10.0. The van der Waals surface area contributed by atoms with Crippen LogP contribution in [0.25, 0.3) is 0 Å². The average molecular weight is 490 g/mol. The van der Waals surface area contributed by atoms with Gasteiger partial charge in [0.15, 0.2) is 0 Å². The highest BCUT2D eigenvalue weighted by Gasteiger charge is 2.25. The maximum Gasteiger partial charge on any atom is 0.584 e. The summed E-state index contributed by atoms with van der Waals surface area (Å²) in [6.07, 6.45) is 18.5. The maximum absolute atomic E-state index is 12.2. The lowest BCUT2D eigenvalue weighted by Crippen LogP contribution is -2.01. The van der Waals surface area contributed by atoms with Gasteiger partial charge in [0.05, 0.1) is 6.61 Å². The van der Waals surface area contributed by atoms with Gasteiger partial charge in [-0.25, -0.2) is 4.57 Å². The fraction of sp³-hybridized carbons (Fsp3) is 0.571. The zero-order valence-electron chi connectivity index (χ0n) is 20.8. The van der Waals surface area contributed by atoms with Gasteiger partial charge in [-0.2, -0.15) is 0 Å². The number of unbranched alkanes of at least 4 members (excludes halogenated alkanes) is 13. The van der Waals surface area contributed by atoms with Crippen LogP contribution in [0.2, 0.25) is 0 Å². The van der Waals surface area contributed by atoms with Crippen molar-refractivity contribution in [3.8, 4) is 17.2 Å². The molecule has 0 amide bonds. The third kappa shape index (κ3) is 13.7. The third-order valence-electron chi connectivity index (χ3n) is 5.69. The molecule has 0 bridgehead atoms. The smallest absolute Gasteiger partial charge is 0.493 e. The summed E-state index contributed by atoms with van der Waals surface area (Å²) in [4.78, 5) is 9.98. The Kier molecular flexibility index (Phi) is 14.5.